The highest BCUT2D eigenvalue weighted by atomic mass is 19.1. The van der Waals surface area contributed by atoms with E-state index in [-0.39, 0.29) is 23.4 Å². The number of aliphatic carboxylic acids is 2. The van der Waals surface area contributed by atoms with E-state index in [4.69, 9.17) is 20.7 Å². The summed E-state index contributed by atoms with van der Waals surface area (Å²) in [5.41, 5.74) is 8.31. The second-order valence-corrected chi connectivity index (χ2v) is 9.77. The van der Waals surface area contributed by atoms with Crippen LogP contribution in [-0.4, -0.2) is 72.0 Å². The van der Waals surface area contributed by atoms with Crippen LogP contribution in [0.1, 0.15) is 33.6 Å². The monoisotopic (exact) mass is 591 g/mol. The lowest BCUT2D eigenvalue weighted by atomic mass is 9.89. The number of ketones is 1. The van der Waals surface area contributed by atoms with Crippen molar-refractivity contribution >= 4 is 35.0 Å². The second kappa shape index (κ2) is 15.8. The molecule has 1 amide bonds. The minimum atomic E-state index is -1.26. The number of Topliss-reactive ketones (excluding diaryl/α,β-unsaturated/α-hetero) is 1. The minimum absolute atomic E-state index is 0.0641. The molecule has 43 heavy (non-hydrogen) atoms. The minimum Gasteiger partial charge on any atom is -0.497 e. The van der Waals surface area contributed by atoms with Gasteiger partial charge in [0.2, 0.25) is 0 Å². The van der Waals surface area contributed by atoms with Gasteiger partial charge in [0.15, 0.2) is 5.78 Å². The molecule has 11 heteroatoms. The number of carbonyl (C=O) groups is 4. The number of carboxylic acids is 2. The van der Waals surface area contributed by atoms with Crippen LogP contribution in [0.3, 0.4) is 0 Å². The molecule has 4 N–H and O–H groups in total. The van der Waals surface area contributed by atoms with Gasteiger partial charge in [-0.25, -0.2) is 14.0 Å². The van der Waals surface area contributed by atoms with Crippen molar-refractivity contribution in [2.24, 2.45) is 5.92 Å². The smallest absolute Gasteiger partial charge is 0.328 e. The number of nitrogens with zero attached hydrogens (tertiary/aromatic N) is 2. The summed E-state index contributed by atoms with van der Waals surface area (Å²) in [6.07, 6.45) is 2.60. The number of amides is 1. The molecule has 1 saturated heterocycles. The highest BCUT2D eigenvalue weighted by Crippen LogP contribution is 2.24. The number of hydrogen-bond donors (Lipinski definition) is 3. The van der Waals surface area contributed by atoms with Gasteiger partial charge in [-0.3, -0.25) is 9.59 Å². The Morgan fingerprint density at radius 3 is 1.93 bits per heavy atom. The number of likely N-dealkylation sites (tertiary alicyclic amines) is 1. The van der Waals surface area contributed by atoms with Crippen molar-refractivity contribution in [3.63, 3.8) is 0 Å². The lowest BCUT2D eigenvalue weighted by Gasteiger charge is -2.33. The maximum Gasteiger partial charge on any atom is 0.328 e. The fraction of sp³-hybridized carbons (Fsp3) is 0.250. The molecule has 0 aromatic heterocycles. The Morgan fingerprint density at radius 2 is 1.42 bits per heavy atom. The van der Waals surface area contributed by atoms with Gasteiger partial charge in [-0.1, -0.05) is 0 Å². The molecule has 1 aliphatic heterocycles. The van der Waals surface area contributed by atoms with Gasteiger partial charge in [-0.05, 0) is 98.7 Å². The van der Waals surface area contributed by atoms with Gasteiger partial charge >= 0.3 is 11.9 Å². The molecule has 0 spiro atoms. The standard InChI is InChI=1S/C28H30FN3O3.C4H4O4/c1-35-26-12-10-25(11-13-26)32(28(34)22-4-8-24(30)9-5-22)19-18-31-16-14-21(15-17-31)27(33)20-2-6-23(29)7-3-20;5-3(6)1-2-4(7)8/h2-13,21H,14-19,30H2,1H3;1-2H,(H,5,6)(H,7,8). The molecule has 0 aliphatic carbocycles. The van der Waals surface area contributed by atoms with E-state index in [0.29, 0.717) is 42.1 Å². The summed E-state index contributed by atoms with van der Waals surface area (Å²) in [5.74, 6) is -2.22. The van der Waals surface area contributed by atoms with Crippen molar-refractivity contribution in [2.45, 2.75) is 12.8 Å². The number of anilines is 2. The van der Waals surface area contributed by atoms with E-state index >= 15 is 0 Å². The molecule has 0 saturated carbocycles. The maximum absolute atomic E-state index is 13.4. The fourth-order valence-electron chi connectivity index (χ4n) is 4.54. The third kappa shape index (κ3) is 10.1. The van der Waals surface area contributed by atoms with Crippen molar-refractivity contribution in [3.05, 3.63) is 102 Å². The van der Waals surface area contributed by atoms with E-state index < -0.39 is 11.9 Å². The van der Waals surface area contributed by atoms with Gasteiger partial charge in [0.1, 0.15) is 11.6 Å². The molecule has 226 valence electrons. The highest BCUT2D eigenvalue weighted by molar-refractivity contribution is 6.06. The van der Waals surface area contributed by atoms with E-state index in [9.17, 15) is 23.6 Å². The number of hydrogen-bond acceptors (Lipinski definition) is 7. The zero-order valence-corrected chi connectivity index (χ0v) is 23.7. The number of nitrogen functional groups attached to an aromatic ring is 1. The Hall–Kier alpha value is -5.03. The molecule has 0 unspecified atom stereocenters. The number of piperidine rings is 1. The molecule has 0 atom stereocenters. The molecule has 3 aromatic carbocycles. The Labute approximate surface area is 248 Å². The molecule has 1 heterocycles. The molecular weight excluding hydrogens is 557 g/mol. The third-order valence-corrected chi connectivity index (χ3v) is 6.88. The van der Waals surface area contributed by atoms with Crippen LogP contribution in [0, 0.1) is 11.7 Å². The van der Waals surface area contributed by atoms with Crippen LogP contribution in [-0.2, 0) is 9.59 Å². The zero-order valence-electron chi connectivity index (χ0n) is 23.7. The SMILES string of the molecule is COc1ccc(N(CCN2CCC(C(=O)c3ccc(F)cc3)CC2)C(=O)c2ccc(N)cc2)cc1.O=C(O)C=CC(=O)O. The average Bonchev–Trinajstić information content (AvgIpc) is 3.01. The van der Waals surface area contributed by atoms with Crippen LogP contribution >= 0.6 is 0 Å². The van der Waals surface area contributed by atoms with Crippen LogP contribution in [0.2, 0.25) is 0 Å². The van der Waals surface area contributed by atoms with Gasteiger partial charge in [-0.15, -0.1) is 0 Å². The van der Waals surface area contributed by atoms with Crippen molar-refractivity contribution in [1.29, 1.82) is 0 Å². The predicted molar refractivity (Wildman–Crippen MR) is 160 cm³/mol. The van der Waals surface area contributed by atoms with Crippen LogP contribution in [0.5, 0.6) is 5.75 Å². The Balaban J connectivity index is 0.000000557. The number of methoxy groups -OCH3 is 1. The predicted octanol–water partition coefficient (Wildman–Crippen LogP) is 4.37. The number of carboxylic acid groups (broad SMARTS) is 2. The summed E-state index contributed by atoms with van der Waals surface area (Å²) in [6.45, 7) is 2.73. The summed E-state index contributed by atoms with van der Waals surface area (Å²) in [6, 6.07) is 20.1. The first-order valence-electron chi connectivity index (χ1n) is 13.5. The lowest BCUT2D eigenvalue weighted by molar-refractivity contribution is -0.134. The van der Waals surface area contributed by atoms with Crippen LogP contribution < -0.4 is 15.4 Å². The molecule has 3 aromatic rings. The number of rotatable bonds is 10. The van der Waals surface area contributed by atoms with Crippen molar-refractivity contribution in [2.75, 3.05) is 43.9 Å². The molecule has 1 aliphatic rings. The average molecular weight is 592 g/mol. The van der Waals surface area contributed by atoms with Gasteiger partial charge in [0, 0.05) is 53.7 Å². The van der Waals surface area contributed by atoms with Crippen LogP contribution in [0.15, 0.2) is 84.9 Å². The maximum atomic E-state index is 13.4. The molecule has 0 bridgehead atoms. The molecule has 4 rings (SSSR count). The van der Waals surface area contributed by atoms with Gasteiger partial charge in [0.05, 0.1) is 7.11 Å². The van der Waals surface area contributed by atoms with E-state index in [1.165, 1.54) is 12.1 Å². The summed E-state index contributed by atoms with van der Waals surface area (Å²) >= 11 is 0. The van der Waals surface area contributed by atoms with Crippen molar-refractivity contribution in [3.8, 4) is 5.75 Å². The summed E-state index contributed by atoms with van der Waals surface area (Å²) in [4.78, 5) is 49.3. The third-order valence-electron chi connectivity index (χ3n) is 6.88. The highest BCUT2D eigenvalue weighted by Gasteiger charge is 2.27. The van der Waals surface area contributed by atoms with Crippen LogP contribution in [0.4, 0.5) is 15.8 Å². The second-order valence-electron chi connectivity index (χ2n) is 9.77. The molecule has 10 nitrogen and oxygen atoms in total. The summed E-state index contributed by atoms with van der Waals surface area (Å²) in [7, 11) is 1.61. The number of ether oxygens (including phenoxy) is 1. The van der Waals surface area contributed by atoms with Crippen molar-refractivity contribution < 1.29 is 38.5 Å². The van der Waals surface area contributed by atoms with Gasteiger partial charge < -0.3 is 30.5 Å². The quantitative estimate of drug-likeness (QED) is 0.177. The topological polar surface area (TPSA) is 150 Å². The van der Waals surface area contributed by atoms with E-state index in [2.05, 4.69) is 4.90 Å². The first kappa shape index (κ1) is 32.5. The fourth-order valence-corrected chi connectivity index (χ4v) is 4.54. The van der Waals surface area contributed by atoms with Crippen LogP contribution in [0.25, 0.3) is 0 Å². The first-order chi connectivity index (χ1) is 20.6. The van der Waals surface area contributed by atoms with E-state index in [1.54, 1.807) is 48.4 Å². The van der Waals surface area contributed by atoms with Gasteiger partial charge in [0.25, 0.3) is 5.91 Å². The summed E-state index contributed by atoms with van der Waals surface area (Å²) < 4.78 is 18.4. The number of benzene rings is 3. The summed E-state index contributed by atoms with van der Waals surface area (Å²) in [5, 5.41) is 15.6. The first-order valence-corrected chi connectivity index (χ1v) is 13.5. The van der Waals surface area contributed by atoms with Crippen molar-refractivity contribution in [1.82, 2.24) is 4.90 Å². The number of nitrogens with two attached hydrogens (primary N) is 1. The molecule has 1 fully saturated rings. The van der Waals surface area contributed by atoms with E-state index in [0.717, 1.165) is 37.4 Å². The van der Waals surface area contributed by atoms with E-state index in [1.807, 2.05) is 24.3 Å². The Morgan fingerprint density at radius 1 is 0.884 bits per heavy atom. The Bertz CT molecular complexity index is 1400. The largest absolute Gasteiger partial charge is 0.497 e. The molecular formula is C32H34FN3O7. The van der Waals surface area contributed by atoms with Gasteiger partial charge in [-0.2, -0.15) is 0 Å². The number of halogens is 1. The lowest BCUT2D eigenvalue weighted by Crippen LogP contribution is -2.42. The normalized spacial score (nSPS) is 13.5. The zero-order chi connectivity index (χ0) is 31.4. The number of carbonyl (C=O) groups excluding carboxylic acids is 2. The molecule has 0 radical (unpaired) electrons. The Kier molecular flexibility index (Phi) is 12.0.